The maximum atomic E-state index is 12.6. The summed E-state index contributed by atoms with van der Waals surface area (Å²) in [5, 5.41) is 5.70. The third-order valence-corrected chi connectivity index (χ3v) is 5.12. The van der Waals surface area contributed by atoms with Crippen LogP contribution in [0.5, 0.6) is 0 Å². The van der Waals surface area contributed by atoms with Crippen LogP contribution in [0.4, 0.5) is 11.4 Å². The Morgan fingerprint density at radius 1 is 1.04 bits per heavy atom. The van der Waals surface area contributed by atoms with Gasteiger partial charge in [0.05, 0.1) is 20.1 Å². The third kappa shape index (κ3) is 4.32. The van der Waals surface area contributed by atoms with E-state index in [9.17, 15) is 9.59 Å². The van der Waals surface area contributed by atoms with Crippen molar-refractivity contribution in [1.29, 1.82) is 0 Å². The maximum absolute atomic E-state index is 12.6. The van der Waals surface area contributed by atoms with Crippen LogP contribution in [0.15, 0.2) is 24.3 Å². The van der Waals surface area contributed by atoms with Crippen molar-refractivity contribution in [1.82, 2.24) is 0 Å². The first-order valence-corrected chi connectivity index (χ1v) is 8.32. The van der Waals surface area contributed by atoms with Gasteiger partial charge in [0.15, 0.2) is 6.04 Å². The van der Waals surface area contributed by atoms with Crippen molar-refractivity contribution in [3.8, 4) is 0 Å². The molecule has 0 aromatic heterocycles. The SMILES string of the molecule is CC(=O)Nc1ccc(NC(=O)[C@@H](C)[N+](C)(C)C2CCCC2)cc1. The molecule has 1 aromatic rings. The number of anilines is 2. The Hall–Kier alpha value is -1.88. The zero-order valence-corrected chi connectivity index (χ0v) is 14.6. The Labute approximate surface area is 138 Å². The Kier molecular flexibility index (Phi) is 5.42. The first-order valence-electron chi connectivity index (χ1n) is 8.32. The second kappa shape index (κ2) is 7.13. The molecule has 5 heteroatoms. The molecule has 2 N–H and O–H groups in total. The number of hydrogen-bond acceptors (Lipinski definition) is 2. The summed E-state index contributed by atoms with van der Waals surface area (Å²) in [5.41, 5.74) is 1.48. The Bertz CT molecular complexity index is 560. The van der Waals surface area contributed by atoms with Gasteiger partial charge in [0.2, 0.25) is 5.91 Å². The number of amides is 2. The molecule has 0 heterocycles. The van der Waals surface area contributed by atoms with Gasteiger partial charge in [-0.15, -0.1) is 0 Å². The Morgan fingerprint density at radius 2 is 1.52 bits per heavy atom. The van der Waals surface area contributed by atoms with Crippen LogP contribution in [0.2, 0.25) is 0 Å². The molecule has 0 saturated heterocycles. The Morgan fingerprint density at radius 3 is 2.00 bits per heavy atom. The molecule has 1 fully saturated rings. The van der Waals surface area contributed by atoms with Crippen LogP contribution < -0.4 is 10.6 Å². The van der Waals surface area contributed by atoms with Crippen molar-refractivity contribution >= 4 is 23.2 Å². The lowest BCUT2D eigenvalue weighted by Crippen LogP contribution is -2.57. The molecular formula is C18H28N3O2+. The Balaban J connectivity index is 1.98. The van der Waals surface area contributed by atoms with E-state index in [0.717, 1.165) is 15.9 Å². The van der Waals surface area contributed by atoms with Gasteiger partial charge in [-0.1, -0.05) is 0 Å². The van der Waals surface area contributed by atoms with E-state index in [0.29, 0.717) is 6.04 Å². The van der Waals surface area contributed by atoms with Gasteiger partial charge in [-0.3, -0.25) is 9.59 Å². The number of likely N-dealkylation sites (N-methyl/N-ethyl adjacent to an activating group) is 1. The van der Waals surface area contributed by atoms with Crippen LogP contribution in [0.3, 0.4) is 0 Å². The van der Waals surface area contributed by atoms with E-state index in [1.54, 1.807) is 12.1 Å². The lowest BCUT2D eigenvalue weighted by molar-refractivity contribution is -0.927. The van der Waals surface area contributed by atoms with Gasteiger partial charge >= 0.3 is 0 Å². The topological polar surface area (TPSA) is 58.2 Å². The standard InChI is InChI=1S/C18H27N3O2/c1-13(21(3,4)17-7-5-6-8-17)18(23)20-16-11-9-15(10-12-16)19-14(2)22/h9-13,17H,5-8H2,1-4H3,(H-,19,20,22,23)/p+1/t13-/m1/s1. The van der Waals surface area contributed by atoms with Gasteiger partial charge < -0.3 is 15.1 Å². The largest absolute Gasteiger partial charge is 0.326 e. The van der Waals surface area contributed by atoms with E-state index in [1.807, 2.05) is 19.1 Å². The fourth-order valence-electron chi connectivity index (χ4n) is 3.28. The highest BCUT2D eigenvalue weighted by Crippen LogP contribution is 2.29. The number of rotatable bonds is 5. The molecule has 1 aliphatic carbocycles. The summed E-state index contributed by atoms with van der Waals surface area (Å²) in [7, 11) is 4.31. The minimum atomic E-state index is -0.106. The summed E-state index contributed by atoms with van der Waals surface area (Å²) >= 11 is 0. The van der Waals surface area contributed by atoms with Crippen LogP contribution in [-0.2, 0) is 9.59 Å². The molecule has 1 aliphatic rings. The number of benzene rings is 1. The fraction of sp³-hybridized carbons (Fsp3) is 0.556. The molecule has 5 nitrogen and oxygen atoms in total. The van der Waals surface area contributed by atoms with Gasteiger partial charge in [-0.2, -0.15) is 0 Å². The van der Waals surface area contributed by atoms with E-state index >= 15 is 0 Å². The summed E-state index contributed by atoms with van der Waals surface area (Å²) in [6, 6.07) is 7.67. The molecule has 0 spiro atoms. The zero-order valence-electron chi connectivity index (χ0n) is 14.6. The monoisotopic (exact) mass is 318 g/mol. The quantitative estimate of drug-likeness (QED) is 0.820. The van der Waals surface area contributed by atoms with Gasteiger partial charge in [-0.05, 0) is 56.9 Å². The zero-order chi connectivity index (χ0) is 17.0. The highest BCUT2D eigenvalue weighted by molar-refractivity contribution is 5.94. The second-order valence-electron chi connectivity index (χ2n) is 6.99. The summed E-state index contributed by atoms with van der Waals surface area (Å²) in [6.07, 6.45) is 4.95. The van der Waals surface area contributed by atoms with E-state index in [2.05, 4.69) is 24.7 Å². The molecule has 0 aliphatic heterocycles. The lowest BCUT2D eigenvalue weighted by Gasteiger charge is -2.40. The molecule has 1 atom stereocenters. The smallest absolute Gasteiger partial charge is 0.282 e. The normalized spacial score (nSPS) is 16.9. The first-order chi connectivity index (χ1) is 10.8. The highest BCUT2D eigenvalue weighted by Gasteiger charge is 2.39. The van der Waals surface area contributed by atoms with Crippen molar-refractivity contribution in [2.75, 3.05) is 24.7 Å². The number of nitrogens with one attached hydrogen (secondary N) is 2. The molecular weight excluding hydrogens is 290 g/mol. The van der Waals surface area contributed by atoms with E-state index in [-0.39, 0.29) is 17.9 Å². The van der Waals surface area contributed by atoms with Crippen molar-refractivity contribution < 1.29 is 14.1 Å². The van der Waals surface area contributed by atoms with Crippen LogP contribution in [0.1, 0.15) is 39.5 Å². The summed E-state index contributed by atoms with van der Waals surface area (Å²) in [4.78, 5) is 23.6. The maximum Gasteiger partial charge on any atom is 0.282 e. The summed E-state index contributed by atoms with van der Waals surface area (Å²) < 4.78 is 0.732. The predicted octanol–water partition coefficient (Wildman–Crippen LogP) is 2.99. The molecule has 126 valence electrons. The molecule has 23 heavy (non-hydrogen) atoms. The van der Waals surface area contributed by atoms with E-state index in [1.165, 1.54) is 32.6 Å². The van der Waals surface area contributed by atoms with Crippen molar-refractivity contribution in [3.63, 3.8) is 0 Å². The van der Waals surface area contributed by atoms with E-state index in [4.69, 9.17) is 0 Å². The predicted molar refractivity (Wildman–Crippen MR) is 93.2 cm³/mol. The second-order valence-corrected chi connectivity index (χ2v) is 6.99. The third-order valence-electron chi connectivity index (χ3n) is 5.12. The molecule has 0 bridgehead atoms. The average molecular weight is 318 g/mol. The van der Waals surface area contributed by atoms with Gasteiger partial charge in [0, 0.05) is 18.3 Å². The minimum absolute atomic E-state index is 0.0363. The fourth-order valence-corrected chi connectivity index (χ4v) is 3.28. The number of nitrogens with zero attached hydrogens (tertiary/aromatic N) is 1. The molecule has 2 rings (SSSR count). The van der Waals surface area contributed by atoms with Crippen molar-refractivity contribution in [3.05, 3.63) is 24.3 Å². The number of carbonyl (C=O) groups is 2. The minimum Gasteiger partial charge on any atom is -0.326 e. The van der Waals surface area contributed by atoms with Gasteiger partial charge in [0.1, 0.15) is 0 Å². The van der Waals surface area contributed by atoms with Crippen LogP contribution >= 0.6 is 0 Å². The van der Waals surface area contributed by atoms with Crippen LogP contribution in [0.25, 0.3) is 0 Å². The molecule has 1 aromatic carbocycles. The van der Waals surface area contributed by atoms with E-state index < -0.39 is 0 Å². The van der Waals surface area contributed by atoms with Crippen LogP contribution in [-0.4, -0.2) is 42.5 Å². The summed E-state index contributed by atoms with van der Waals surface area (Å²) in [5.74, 6) is -0.0693. The van der Waals surface area contributed by atoms with Gasteiger partial charge in [0.25, 0.3) is 5.91 Å². The molecule has 0 unspecified atom stereocenters. The number of carbonyl (C=O) groups excluding carboxylic acids is 2. The lowest BCUT2D eigenvalue weighted by atomic mass is 10.1. The molecule has 0 radical (unpaired) electrons. The number of quaternary nitrogens is 1. The average Bonchev–Trinajstić information content (AvgIpc) is 3.03. The highest BCUT2D eigenvalue weighted by atomic mass is 16.2. The first kappa shape index (κ1) is 17.5. The van der Waals surface area contributed by atoms with Crippen molar-refractivity contribution in [2.45, 2.75) is 51.6 Å². The molecule has 2 amide bonds. The van der Waals surface area contributed by atoms with Gasteiger partial charge in [-0.25, -0.2) is 0 Å². The van der Waals surface area contributed by atoms with Crippen LogP contribution in [0, 0.1) is 0 Å². The van der Waals surface area contributed by atoms with Crippen molar-refractivity contribution in [2.24, 2.45) is 0 Å². The molecule has 1 saturated carbocycles. The number of hydrogen-bond donors (Lipinski definition) is 2. The summed E-state index contributed by atoms with van der Waals surface area (Å²) in [6.45, 7) is 3.47.